The lowest BCUT2D eigenvalue weighted by Crippen LogP contribution is -2.46. The Bertz CT molecular complexity index is 1070. The van der Waals surface area contributed by atoms with Crippen LogP contribution in [0.4, 0.5) is 5.82 Å². The maximum atomic E-state index is 12.0. The zero-order valence-corrected chi connectivity index (χ0v) is 17.3. The molecular weight excluding hydrogens is 433 g/mol. The van der Waals surface area contributed by atoms with Gasteiger partial charge in [0, 0.05) is 23.6 Å². The molecule has 3 heterocycles. The molecule has 0 bridgehead atoms. The average Bonchev–Trinajstić information content (AvgIpc) is 3.27. The summed E-state index contributed by atoms with van der Waals surface area (Å²) in [6, 6.07) is 4.35. The van der Waals surface area contributed by atoms with E-state index in [1.807, 2.05) is 0 Å². The Morgan fingerprint density at radius 2 is 2.00 bits per heavy atom. The standard InChI is InChI=1S/C18H19Cl2N7O3/c1-22-17(29)14-11(21)13(28)18(30-14)27-7-26-12-15(24-6-25-16(12)27)23-5-8-2-9(19)4-10(20)3-8/h2-4,6-7,11,13-14,18,28H,5,21H2,1H3,(H,22,29)(H,23,24,25)/t11-,13+,14-,18+/m0/s1. The summed E-state index contributed by atoms with van der Waals surface area (Å²) >= 11 is 12.1. The van der Waals surface area contributed by atoms with E-state index in [1.165, 1.54) is 24.3 Å². The molecule has 1 aliphatic heterocycles. The number of hydrogen-bond acceptors (Lipinski definition) is 8. The van der Waals surface area contributed by atoms with Crippen LogP contribution in [0.3, 0.4) is 0 Å². The minimum Gasteiger partial charge on any atom is -0.387 e. The van der Waals surface area contributed by atoms with Gasteiger partial charge in [-0.15, -0.1) is 0 Å². The van der Waals surface area contributed by atoms with Gasteiger partial charge < -0.3 is 26.2 Å². The molecule has 0 saturated carbocycles. The zero-order valence-electron chi connectivity index (χ0n) is 15.8. The van der Waals surface area contributed by atoms with Crippen molar-refractivity contribution >= 4 is 46.1 Å². The molecule has 0 unspecified atom stereocenters. The summed E-state index contributed by atoms with van der Waals surface area (Å²) in [5, 5.41) is 17.2. The Morgan fingerprint density at radius 3 is 2.70 bits per heavy atom. The van der Waals surface area contributed by atoms with Crippen molar-refractivity contribution in [3.63, 3.8) is 0 Å². The number of aliphatic hydroxyl groups is 1. The van der Waals surface area contributed by atoms with Crippen LogP contribution >= 0.6 is 23.2 Å². The number of aliphatic hydroxyl groups excluding tert-OH is 1. The smallest absolute Gasteiger partial charge is 0.250 e. The van der Waals surface area contributed by atoms with Crippen LogP contribution in [0.25, 0.3) is 11.2 Å². The number of nitrogens with zero attached hydrogens (tertiary/aromatic N) is 4. The van der Waals surface area contributed by atoms with Crippen LogP contribution in [0, 0.1) is 0 Å². The van der Waals surface area contributed by atoms with Crippen molar-refractivity contribution in [2.24, 2.45) is 5.73 Å². The molecule has 4 rings (SSSR count). The SMILES string of the molecule is CNC(=O)[C@H]1O[C@@H](n2cnc3c(NCc4cc(Cl)cc(Cl)c4)ncnc32)[C@H](O)[C@@H]1N. The largest absolute Gasteiger partial charge is 0.387 e. The molecule has 158 valence electrons. The highest BCUT2D eigenvalue weighted by Gasteiger charge is 2.46. The highest BCUT2D eigenvalue weighted by atomic mass is 35.5. The van der Waals surface area contributed by atoms with Crippen molar-refractivity contribution in [3.8, 4) is 0 Å². The molecule has 5 N–H and O–H groups in total. The third-order valence-electron chi connectivity index (χ3n) is 4.84. The predicted octanol–water partition coefficient (Wildman–Crippen LogP) is 1.08. The van der Waals surface area contributed by atoms with Crippen molar-refractivity contribution in [2.75, 3.05) is 12.4 Å². The van der Waals surface area contributed by atoms with Gasteiger partial charge in [0.15, 0.2) is 29.3 Å². The first-order valence-corrected chi connectivity index (χ1v) is 9.81. The minimum atomic E-state index is -1.12. The molecule has 3 aromatic rings. The van der Waals surface area contributed by atoms with Gasteiger partial charge in [0.25, 0.3) is 5.91 Å². The molecule has 10 nitrogen and oxygen atoms in total. The van der Waals surface area contributed by atoms with Gasteiger partial charge in [-0.3, -0.25) is 9.36 Å². The number of nitrogens with one attached hydrogen (secondary N) is 2. The fraction of sp³-hybridized carbons (Fsp3) is 0.333. The highest BCUT2D eigenvalue weighted by molar-refractivity contribution is 6.34. The van der Waals surface area contributed by atoms with Crippen LogP contribution in [-0.4, -0.2) is 55.8 Å². The summed E-state index contributed by atoms with van der Waals surface area (Å²) in [6.45, 7) is 0.408. The van der Waals surface area contributed by atoms with Crippen molar-refractivity contribution in [1.29, 1.82) is 0 Å². The number of nitrogens with two attached hydrogens (primary N) is 1. The Hall–Kier alpha value is -2.50. The number of imidazole rings is 1. The number of rotatable bonds is 5. The van der Waals surface area contributed by atoms with Crippen LogP contribution in [-0.2, 0) is 16.1 Å². The van der Waals surface area contributed by atoms with Crippen molar-refractivity contribution in [2.45, 2.75) is 31.0 Å². The topological polar surface area (TPSA) is 140 Å². The number of likely N-dealkylation sites (N-methyl/N-ethyl adjacent to an activating group) is 1. The lowest BCUT2D eigenvalue weighted by atomic mass is 10.1. The van der Waals surface area contributed by atoms with Crippen molar-refractivity contribution in [3.05, 3.63) is 46.5 Å². The zero-order chi connectivity index (χ0) is 21.4. The molecule has 2 aromatic heterocycles. The lowest BCUT2D eigenvalue weighted by molar-refractivity contribution is -0.134. The van der Waals surface area contributed by atoms with Crippen LogP contribution in [0.5, 0.6) is 0 Å². The second-order valence-corrected chi connectivity index (χ2v) is 7.68. The van der Waals surface area contributed by atoms with Gasteiger partial charge >= 0.3 is 0 Å². The molecule has 0 radical (unpaired) electrons. The van der Waals surface area contributed by atoms with Gasteiger partial charge in [-0.25, -0.2) is 15.0 Å². The highest BCUT2D eigenvalue weighted by Crippen LogP contribution is 2.31. The number of benzene rings is 1. The van der Waals surface area contributed by atoms with Crippen LogP contribution < -0.4 is 16.4 Å². The van der Waals surface area contributed by atoms with Gasteiger partial charge in [0.1, 0.15) is 12.4 Å². The third kappa shape index (κ3) is 3.80. The van der Waals surface area contributed by atoms with Crippen LogP contribution in [0.2, 0.25) is 10.0 Å². The number of aromatic nitrogens is 4. The maximum Gasteiger partial charge on any atom is 0.250 e. The average molecular weight is 452 g/mol. The summed E-state index contributed by atoms with van der Waals surface area (Å²) in [7, 11) is 1.48. The predicted molar refractivity (Wildman–Crippen MR) is 111 cm³/mol. The van der Waals surface area contributed by atoms with Crippen molar-refractivity contribution < 1.29 is 14.6 Å². The molecule has 30 heavy (non-hydrogen) atoms. The molecule has 1 aromatic carbocycles. The van der Waals surface area contributed by atoms with Gasteiger partial charge in [-0.05, 0) is 23.8 Å². The number of halogens is 2. The van der Waals surface area contributed by atoms with E-state index < -0.39 is 30.4 Å². The fourth-order valence-corrected chi connectivity index (χ4v) is 3.94. The van der Waals surface area contributed by atoms with E-state index in [-0.39, 0.29) is 0 Å². The monoisotopic (exact) mass is 451 g/mol. The number of ether oxygens (including phenoxy) is 1. The Labute approximate surface area is 181 Å². The molecule has 1 aliphatic rings. The van der Waals surface area contributed by atoms with Gasteiger partial charge in [-0.2, -0.15) is 0 Å². The van der Waals surface area contributed by atoms with Gasteiger partial charge in [0.2, 0.25) is 0 Å². The van der Waals surface area contributed by atoms with E-state index in [0.717, 1.165) is 5.56 Å². The number of amides is 1. The quantitative estimate of drug-likeness (QED) is 0.451. The number of anilines is 1. The molecule has 0 aliphatic carbocycles. The summed E-state index contributed by atoms with van der Waals surface area (Å²) in [4.78, 5) is 24.8. The molecular formula is C18H19Cl2N7O3. The number of carbonyl (C=O) groups excluding carboxylic acids is 1. The second kappa shape index (κ2) is 8.32. The van der Waals surface area contributed by atoms with E-state index >= 15 is 0 Å². The first-order valence-electron chi connectivity index (χ1n) is 9.06. The van der Waals surface area contributed by atoms with E-state index in [2.05, 4.69) is 25.6 Å². The Morgan fingerprint density at radius 1 is 1.27 bits per heavy atom. The third-order valence-corrected chi connectivity index (χ3v) is 5.28. The molecule has 0 spiro atoms. The normalized spacial score (nSPS) is 23.6. The van der Waals surface area contributed by atoms with E-state index in [0.29, 0.717) is 33.6 Å². The summed E-state index contributed by atoms with van der Waals surface area (Å²) in [6.07, 6.45) is -0.190. The second-order valence-electron chi connectivity index (χ2n) is 6.81. The summed E-state index contributed by atoms with van der Waals surface area (Å²) < 4.78 is 7.25. The minimum absolute atomic E-state index is 0.408. The number of hydrogen-bond donors (Lipinski definition) is 4. The Balaban J connectivity index is 1.60. The Kier molecular flexibility index (Phi) is 5.76. The fourth-order valence-electron chi connectivity index (χ4n) is 3.37. The van der Waals surface area contributed by atoms with Crippen LogP contribution in [0.1, 0.15) is 11.8 Å². The first-order chi connectivity index (χ1) is 14.4. The molecule has 12 heteroatoms. The maximum absolute atomic E-state index is 12.0. The van der Waals surface area contributed by atoms with Gasteiger partial charge in [0.05, 0.1) is 12.4 Å². The summed E-state index contributed by atoms with van der Waals surface area (Å²) in [5.74, 6) is 0.0696. The summed E-state index contributed by atoms with van der Waals surface area (Å²) in [5.41, 5.74) is 7.73. The molecule has 1 amide bonds. The van der Waals surface area contributed by atoms with E-state index in [1.54, 1.807) is 18.2 Å². The number of fused-ring (bicyclic) bond motifs is 1. The molecule has 1 saturated heterocycles. The van der Waals surface area contributed by atoms with E-state index in [9.17, 15) is 9.90 Å². The molecule has 1 fully saturated rings. The lowest BCUT2D eigenvalue weighted by Gasteiger charge is -2.16. The van der Waals surface area contributed by atoms with E-state index in [4.69, 9.17) is 33.7 Å². The first kappa shape index (κ1) is 20.8. The van der Waals surface area contributed by atoms with Crippen LogP contribution in [0.15, 0.2) is 30.9 Å². The molecule has 4 atom stereocenters. The van der Waals surface area contributed by atoms with Gasteiger partial charge in [-0.1, -0.05) is 23.2 Å². The van der Waals surface area contributed by atoms with Crippen molar-refractivity contribution in [1.82, 2.24) is 24.8 Å². The number of carbonyl (C=O) groups is 1.